The standard InChI is InChI=1S/C12H15ClN4O/c1-12(2,14)6-5-9-16-11(17-18-9)10-8(13)4-3-7-15-10/h3-4,7H,5-6,14H2,1-2H3. The molecule has 0 atom stereocenters. The number of aromatic nitrogens is 3. The molecule has 0 fully saturated rings. The summed E-state index contributed by atoms with van der Waals surface area (Å²) in [5, 5.41) is 4.38. The van der Waals surface area contributed by atoms with Crippen LogP contribution in [-0.4, -0.2) is 20.7 Å². The molecule has 2 aromatic heterocycles. The van der Waals surface area contributed by atoms with Gasteiger partial charge in [-0.1, -0.05) is 16.8 Å². The maximum atomic E-state index is 6.01. The molecule has 96 valence electrons. The van der Waals surface area contributed by atoms with Gasteiger partial charge in [0.05, 0.1) is 5.02 Å². The molecule has 0 aliphatic rings. The zero-order valence-corrected chi connectivity index (χ0v) is 11.1. The lowest BCUT2D eigenvalue weighted by Crippen LogP contribution is -2.32. The predicted octanol–water partition coefficient (Wildman–Crippen LogP) is 2.45. The summed E-state index contributed by atoms with van der Waals surface area (Å²) in [6.07, 6.45) is 3.05. The third kappa shape index (κ3) is 3.27. The van der Waals surface area contributed by atoms with Crippen LogP contribution in [0.5, 0.6) is 0 Å². The Kier molecular flexibility index (Phi) is 3.63. The molecule has 2 N–H and O–H groups in total. The lowest BCUT2D eigenvalue weighted by atomic mass is 10.0. The Bertz CT molecular complexity index is 533. The van der Waals surface area contributed by atoms with Crippen molar-refractivity contribution in [3.63, 3.8) is 0 Å². The average molecular weight is 267 g/mol. The Morgan fingerprint density at radius 3 is 2.89 bits per heavy atom. The summed E-state index contributed by atoms with van der Waals surface area (Å²) in [7, 11) is 0. The molecule has 2 rings (SSSR count). The highest BCUT2D eigenvalue weighted by Gasteiger charge is 2.16. The maximum Gasteiger partial charge on any atom is 0.227 e. The number of halogens is 1. The third-order valence-corrected chi connectivity index (χ3v) is 2.73. The number of hydrogen-bond acceptors (Lipinski definition) is 5. The molecular formula is C12H15ClN4O. The largest absolute Gasteiger partial charge is 0.339 e. The summed E-state index contributed by atoms with van der Waals surface area (Å²) < 4.78 is 5.15. The Labute approximate surface area is 110 Å². The van der Waals surface area contributed by atoms with E-state index in [4.69, 9.17) is 21.9 Å². The fourth-order valence-corrected chi connectivity index (χ4v) is 1.64. The molecule has 5 nitrogen and oxygen atoms in total. The van der Waals surface area contributed by atoms with Crippen molar-refractivity contribution in [2.45, 2.75) is 32.2 Å². The van der Waals surface area contributed by atoms with Gasteiger partial charge in [0, 0.05) is 18.2 Å². The first-order valence-corrected chi connectivity index (χ1v) is 6.06. The van der Waals surface area contributed by atoms with E-state index >= 15 is 0 Å². The molecule has 0 saturated heterocycles. The molecule has 6 heteroatoms. The minimum absolute atomic E-state index is 0.253. The molecule has 0 aliphatic carbocycles. The van der Waals surface area contributed by atoms with E-state index in [0.717, 1.165) is 6.42 Å². The Morgan fingerprint density at radius 1 is 1.44 bits per heavy atom. The van der Waals surface area contributed by atoms with E-state index in [9.17, 15) is 0 Å². The van der Waals surface area contributed by atoms with E-state index in [0.29, 0.717) is 28.9 Å². The van der Waals surface area contributed by atoms with Crippen LogP contribution in [-0.2, 0) is 6.42 Å². The predicted molar refractivity (Wildman–Crippen MR) is 69.1 cm³/mol. The van der Waals surface area contributed by atoms with Crippen molar-refractivity contribution < 1.29 is 4.52 Å². The van der Waals surface area contributed by atoms with Gasteiger partial charge >= 0.3 is 0 Å². The van der Waals surface area contributed by atoms with Crippen molar-refractivity contribution in [1.29, 1.82) is 0 Å². The smallest absolute Gasteiger partial charge is 0.227 e. The van der Waals surface area contributed by atoms with Gasteiger partial charge in [-0.05, 0) is 32.4 Å². The van der Waals surface area contributed by atoms with Gasteiger partial charge in [-0.25, -0.2) is 0 Å². The molecule has 2 heterocycles. The second-order valence-corrected chi connectivity index (χ2v) is 5.24. The van der Waals surface area contributed by atoms with Crippen molar-refractivity contribution in [2.24, 2.45) is 5.73 Å². The fraction of sp³-hybridized carbons (Fsp3) is 0.417. The molecular weight excluding hydrogens is 252 g/mol. The average Bonchev–Trinajstić information content (AvgIpc) is 2.75. The van der Waals surface area contributed by atoms with E-state index in [-0.39, 0.29) is 5.54 Å². The van der Waals surface area contributed by atoms with Gasteiger partial charge in [-0.3, -0.25) is 4.98 Å². The molecule has 0 aliphatic heterocycles. The summed E-state index contributed by atoms with van der Waals surface area (Å²) in [6.45, 7) is 3.92. The van der Waals surface area contributed by atoms with Crippen molar-refractivity contribution in [3.05, 3.63) is 29.2 Å². The summed E-state index contributed by atoms with van der Waals surface area (Å²) in [4.78, 5) is 8.39. The molecule has 0 saturated carbocycles. The number of pyridine rings is 1. The fourth-order valence-electron chi connectivity index (χ4n) is 1.43. The second-order valence-electron chi connectivity index (χ2n) is 4.83. The van der Waals surface area contributed by atoms with Crippen LogP contribution >= 0.6 is 11.6 Å². The summed E-state index contributed by atoms with van der Waals surface area (Å²) >= 11 is 6.01. The molecule has 18 heavy (non-hydrogen) atoms. The van der Waals surface area contributed by atoms with E-state index in [2.05, 4.69) is 15.1 Å². The number of rotatable bonds is 4. The first kappa shape index (κ1) is 13.0. The molecule has 0 amide bonds. The van der Waals surface area contributed by atoms with Crippen LogP contribution in [0.15, 0.2) is 22.9 Å². The number of nitrogens with zero attached hydrogens (tertiary/aromatic N) is 3. The van der Waals surface area contributed by atoms with Crippen LogP contribution in [0.3, 0.4) is 0 Å². The highest BCUT2D eigenvalue weighted by molar-refractivity contribution is 6.32. The zero-order valence-electron chi connectivity index (χ0n) is 10.4. The minimum Gasteiger partial charge on any atom is -0.339 e. The topological polar surface area (TPSA) is 77.8 Å². The van der Waals surface area contributed by atoms with Gasteiger partial charge in [-0.15, -0.1) is 0 Å². The Hall–Kier alpha value is -1.46. The van der Waals surface area contributed by atoms with Gasteiger partial charge < -0.3 is 10.3 Å². The SMILES string of the molecule is CC(C)(N)CCc1nc(-c2ncccc2Cl)no1. The van der Waals surface area contributed by atoms with E-state index in [1.165, 1.54) is 0 Å². The number of aryl methyl sites for hydroxylation is 1. The summed E-state index contributed by atoms with van der Waals surface area (Å²) in [5.41, 5.74) is 6.18. The van der Waals surface area contributed by atoms with E-state index in [1.54, 1.807) is 18.3 Å². The number of hydrogen-bond donors (Lipinski definition) is 1. The molecule has 0 aromatic carbocycles. The van der Waals surface area contributed by atoms with Crippen LogP contribution in [0.2, 0.25) is 5.02 Å². The lowest BCUT2D eigenvalue weighted by Gasteiger charge is -2.16. The lowest BCUT2D eigenvalue weighted by molar-refractivity contribution is 0.358. The van der Waals surface area contributed by atoms with Crippen molar-refractivity contribution in [3.8, 4) is 11.5 Å². The maximum absolute atomic E-state index is 6.01. The quantitative estimate of drug-likeness (QED) is 0.920. The van der Waals surface area contributed by atoms with Crippen LogP contribution in [0.4, 0.5) is 0 Å². The molecule has 2 aromatic rings. The second kappa shape index (κ2) is 5.04. The first-order valence-electron chi connectivity index (χ1n) is 5.68. The molecule has 0 radical (unpaired) electrons. The van der Waals surface area contributed by atoms with Gasteiger partial charge in [0.1, 0.15) is 5.69 Å². The minimum atomic E-state index is -0.253. The van der Waals surface area contributed by atoms with Crippen LogP contribution in [0.25, 0.3) is 11.5 Å². The normalized spacial score (nSPS) is 11.8. The molecule has 0 unspecified atom stereocenters. The van der Waals surface area contributed by atoms with Crippen molar-refractivity contribution >= 4 is 11.6 Å². The van der Waals surface area contributed by atoms with Gasteiger partial charge in [0.25, 0.3) is 0 Å². The van der Waals surface area contributed by atoms with Crippen molar-refractivity contribution in [2.75, 3.05) is 0 Å². The Morgan fingerprint density at radius 2 is 2.22 bits per heavy atom. The van der Waals surface area contributed by atoms with E-state index in [1.807, 2.05) is 13.8 Å². The van der Waals surface area contributed by atoms with E-state index < -0.39 is 0 Å². The monoisotopic (exact) mass is 266 g/mol. The Balaban J connectivity index is 2.14. The van der Waals surface area contributed by atoms with Crippen LogP contribution in [0, 0.1) is 0 Å². The van der Waals surface area contributed by atoms with Crippen LogP contribution in [0.1, 0.15) is 26.2 Å². The van der Waals surface area contributed by atoms with Gasteiger partial charge in [0.2, 0.25) is 11.7 Å². The zero-order chi connectivity index (χ0) is 13.2. The highest BCUT2D eigenvalue weighted by Crippen LogP contribution is 2.22. The highest BCUT2D eigenvalue weighted by atomic mass is 35.5. The van der Waals surface area contributed by atoms with Crippen molar-refractivity contribution in [1.82, 2.24) is 15.1 Å². The summed E-state index contributed by atoms with van der Waals surface area (Å²) in [5.74, 6) is 0.954. The first-order chi connectivity index (χ1) is 8.46. The van der Waals surface area contributed by atoms with Gasteiger partial charge in [-0.2, -0.15) is 4.98 Å². The molecule has 0 bridgehead atoms. The third-order valence-electron chi connectivity index (χ3n) is 2.42. The number of nitrogens with two attached hydrogens (primary N) is 1. The summed E-state index contributed by atoms with van der Waals surface area (Å²) in [6, 6.07) is 3.49. The van der Waals surface area contributed by atoms with Crippen LogP contribution < -0.4 is 5.73 Å². The van der Waals surface area contributed by atoms with Gasteiger partial charge in [0.15, 0.2) is 0 Å². The molecule has 0 spiro atoms.